The van der Waals surface area contributed by atoms with Crippen molar-refractivity contribution < 1.29 is 18.7 Å². The summed E-state index contributed by atoms with van der Waals surface area (Å²) in [6, 6.07) is 4.42. The minimum absolute atomic E-state index is 0.0842. The van der Waals surface area contributed by atoms with E-state index in [0.717, 1.165) is 12.0 Å². The number of carbonyl (C=O) groups is 2. The van der Waals surface area contributed by atoms with Gasteiger partial charge in [0.15, 0.2) is 0 Å². The molecule has 0 saturated carbocycles. The van der Waals surface area contributed by atoms with Crippen LogP contribution in [-0.4, -0.2) is 66.9 Å². The number of nitrogens with zero attached hydrogens (tertiary/aromatic N) is 6. The van der Waals surface area contributed by atoms with Crippen molar-refractivity contribution in [1.29, 1.82) is 0 Å². The van der Waals surface area contributed by atoms with Crippen LogP contribution in [0.25, 0.3) is 5.95 Å². The summed E-state index contributed by atoms with van der Waals surface area (Å²) in [6.07, 6.45) is 4.29. The predicted octanol–water partition coefficient (Wildman–Crippen LogP) is 1.02. The van der Waals surface area contributed by atoms with Crippen LogP contribution in [-0.2, 0) is 11.2 Å². The number of amides is 1. The summed E-state index contributed by atoms with van der Waals surface area (Å²) in [5.41, 5.74) is 0.736. The molecule has 4 rings (SSSR count). The molecular weight excluding hydrogens is 381 g/mol. The summed E-state index contributed by atoms with van der Waals surface area (Å²) >= 11 is 0. The van der Waals surface area contributed by atoms with E-state index < -0.39 is 11.8 Å². The van der Waals surface area contributed by atoms with Crippen molar-refractivity contribution in [3.8, 4) is 5.95 Å². The molecule has 1 atom stereocenters. The second kappa shape index (κ2) is 7.78. The van der Waals surface area contributed by atoms with Crippen molar-refractivity contribution in [2.45, 2.75) is 12.8 Å². The maximum atomic E-state index is 13.8. The number of aromatic amines is 1. The zero-order valence-corrected chi connectivity index (χ0v) is 15.6. The zero-order valence-electron chi connectivity index (χ0n) is 15.6. The van der Waals surface area contributed by atoms with E-state index in [1.807, 2.05) is 0 Å². The molecule has 1 aromatic carbocycles. The average molecular weight is 399 g/mol. The van der Waals surface area contributed by atoms with Gasteiger partial charge in [0, 0.05) is 13.1 Å². The Balaban J connectivity index is 1.40. The SMILES string of the molecule is COC(=O)c1cc(CC2CCN(C(=O)c3nc(-n4cnnc4)n[nH]3)C2)ccc1F. The zero-order chi connectivity index (χ0) is 20.4. The number of likely N-dealkylation sites (tertiary alicyclic amines) is 1. The van der Waals surface area contributed by atoms with E-state index in [1.165, 1.54) is 36.5 Å². The van der Waals surface area contributed by atoms with Gasteiger partial charge >= 0.3 is 5.97 Å². The molecule has 0 bridgehead atoms. The van der Waals surface area contributed by atoms with E-state index in [9.17, 15) is 14.0 Å². The van der Waals surface area contributed by atoms with Crippen LogP contribution < -0.4 is 0 Å². The van der Waals surface area contributed by atoms with Crippen molar-refractivity contribution >= 4 is 11.9 Å². The Morgan fingerprint density at radius 1 is 1.31 bits per heavy atom. The van der Waals surface area contributed by atoms with Crippen molar-refractivity contribution in [2.75, 3.05) is 20.2 Å². The largest absolute Gasteiger partial charge is 0.465 e. The number of aromatic nitrogens is 6. The smallest absolute Gasteiger partial charge is 0.340 e. The highest BCUT2D eigenvalue weighted by Gasteiger charge is 2.29. The minimum atomic E-state index is -0.707. The number of hydrogen-bond acceptors (Lipinski definition) is 7. The van der Waals surface area contributed by atoms with Gasteiger partial charge in [0.05, 0.1) is 12.7 Å². The lowest BCUT2D eigenvalue weighted by atomic mass is 9.97. The molecule has 0 radical (unpaired) electrons. The second-order valence-electron chi connectivity index (χ2n) is 6.77. The van der Waals surface area contributed by atoms with E-state index in [4.69, 9.17) is 0 Å². The normalized spacial score (nSPS) is 16.2. The molecule has 1 unspecified atom stereocenters. The first-order valence-corrected chi connectivity index (χ1v) is 8.98. The molecular formula is C18H18FN7O3. The van der Waals surface area contributed by atoms with Gasteiger partial charge in [0.2, 0.25) is 5.82 Å². The van der Waals surface area contributed by atoms with Crippen molar-refractivity contribution in [2.24, 2.45) is 5.92 Å². The second-order valence-corrected chi connectivity index (χ2v) is 6.77. The summed E-state index contributed by atoms with van der Waals surface area (Å²) in [7, 11) is 1.22. The Kier molecular flexibility index (Phi) is 5.02. The number of esters is 1. The van der Waals surface area contributed by atoms with Crippen molar-refractivity contribution in [3.05, 3.63) is 53.6 Å². The Morgan fingerprint density at radius 2 is 2.10 bits per heavy atom. The van der Waals surface area contributed by atoms with E-state index >= 15 is 0 Å². The summed E-state index contributed by atoms with van der Waals surface area (Å²) in [6.45, 7) is 1.11. The monoisotopic (exact) mass is 399 g/mol. The van der Waals surface area contributed by atoms with Gasteiger partial charge in [-0.2, -0.15) is 4.98 Å². The fourth-order valence-electron chi connectivity index (χ4n) is 3.40. The number of halogens is 1. The molecule has 1 N–H and O–H groups in total. The first kappa shape index (κ1) is 18.7. The van der Waals surface area contributed by atoms with Crippen LogP contribution in [0.5, 0.6) is 0 Å². The third kappa shape index (κ3) is 3.84. The predicted molar refractivity (Wildman–Crippen MR) is 96.8 cm³/mol. The molecule has 3 aromatic rings. The molecule has 29 heavy (non-hydrogen) atoms. The highest BCUT2D eigenvalue weighted by Crippen LogP contribution is 2.23. The molecule has 10 nitrogen and oxygen atoms in total. The van der Waals surface area contributed by atoms with Crippen LogP contribution >= 0.6 is 0 Å². The first-order valence-electron chi connectivity index (χ1n) is 8.98. The number of methoxy groups -OCH3 is 1. The third-order valence-corrected chi connectivity index (χ3v) is 4.86. The molecule has 1 saturated heterocycles. The fraction of sp³-hybridized carbons (Fsp3) is 0.333. The maximum absolute atomic E-state index is 13.8. The van der Waals surface area contributed by atoms with E-state index in [-0.39, 0.29) is 29.2 Å². The summed E-state index contributed by atoms with van der Waals surface area (Å²) in [4.78, 5) is 30.3. The Hall–Kier alpha value is -3.63. The Labute approximate surface area is 164 Å². The van der Waals surface area contributed by atoms with Crippen LogP contribution in [0.15, 0.2) is 30.9 Å². The lowest BCUT2D eigenvalue weighted by Gasteiger charge is -2.15. The van der Waals surface area contributed by atoms with Crippen LogP contribution in [0.3, 0.4) is 0 Å². The number of H-pyrrole nitrogens is 1. The van der Waals surface area contributed by atoms with E-state index in [1.54, 1.807) is 11.0 Å². The molecule has 1 aliphatic rings. The first-order chi connectivity index (χ1) is 14.0. The summed E-state index contributed by atoms with van der Waals surface area (Å²) < 4.78 is 19.9. The van der Waals surface area contributed by atoms with Gasteiger partial charge in [-0.15, -0.1) is 15.3 Å². The van der Waals surface area contributed by atoms with Gasteiger partial charge in [-0.25, -0.2) is 9.18 Å². The topological polar surface area (TPSA) is 119 Å². The molecule has 1 amide bonds. The van der Waals surface area contributed by atoms with E-state index in [2.05, 4.69) is 30.1 Å². The highest BCUT2D eigenvalue weighted by atomic mass is 19.1. The third-order valence-electron chi connectivity index (χ3n) is 4.86. The lowest BCUT2D eigenvalue weighted by molar-refractivity contribution is 0.0595. The van der Waals surface area contributed by atoms with Gasteiger partial charge in [0.25, 0.3) is 11.9 Å². The van der Waals surface area contributed by atoms with Gasteiger partial charge in [-0.1, -0.05) is 6.07 Å². The fourth-order valence-corrected chi connectivity index (χ4v) is 3.40. The van der Waals surface area contributed by atoms with Crippen molar-refractivity contribution in [3.63, 3.8) is 0 Å². The highest BCUT2D eigenvalue weighted by molar-refractivity contribution is 5.91. The van der Waals surface area contributed by atoms with E-state index in [0.29, 0.717) is 19.5 Å². The number of ether oxygens (including phenoxy) is 1. The van der Waals surface area contributed by atoms with Crippen LogP contribution in [0.2, 0.25) is 0 Å². The summed E-state index contributed by atoms with van der Waals surface area (Å²) in [5, 5.41) is 14.0. The molecule has 1 aliphatic heterocycles. The lowest BCUT2D eigenvalue weighted by Crippen LogP contribution is -2.29. The molecule has 2 aromatic heterocycles. The number of benzene rings is 1. The number of hydrogen-bond donors (Lipinski definition) is 1. The Morgan fingerprint density at radius 3 is 2.86 bits per heavy atom. The Bertz CT molecular complexity index is 1030. The van der Waals surface area contributed by atoms with Crippen LogP contribution in [0.1, 0.15) is 33.0 Å². The number of carbonyl (C=O) groups excluding carboxylic acids is 2. The van der Waals surface area contributed by atoms with Crippen molar-refractivity contribution in [1.82, 2.24) is 34.8 Å². The molecule has 0 spiro atoms. The number of nitrogens with one attached hydrogen (secondary N) is 1. The molecule has 3 heterocycles. The maximum Gasteiger partial charge on any atom is 0.340 e. The number of rotatable bonds is 5. The van der Waals surface area contributed by atoms with Gasteiger partial charge in [-0.05, 0) is 36.5 Å². The summed E-state index contributed by atoms with van der Waals surface area (Å²) in [5.74, 6) is -0.941. The minimum Gasteiger partial charge on any atom is -0.465 e. The van der Waals surface area contributed by atoms with Crippen LogP contribution in [0, 0.1) is 11.7 Å². The quantitative estimate of drug-likeness (QED) is 0.636. The van der Waals surface area contributed by atoms with Gasteiger partial charge < -0.3 is 9.64 Å². The molecule has 150 valence electrons. The molecule has 11 heteroatoms. The van der Waals surface area contributed by atoms with Gasteiger partial charge in [-0.3, -0.25) is 14.5 Å². The standard InChI is InChI=1S/C18H18FN7O3/c1-29-17(28)13-7-11(2-3-14(13)19)6-12-4-5-25(8-12)16(27)15-22-18(24-23-15)26-9-20-21-10-26/h2-3,7,9-10,12H,4-6,8H2,1H3,(H,22,23,24). The molecule has 1 fully saturated rings. The van der Waals surface area contributed by atoms with Crippen LogP contribution in [0.4, 0.5) is 4.39 Å². The average Bonchev–Trinajstić information content (AvgIpc) is 3.49. The molecule has 0 aliphatic carbocycles. The van der Waals surface area contributed by atoms with Gasteiger partial charge in [0.1, 0.15) is 18.5 Å².